The summed E-state index contributed by atoms with van der Waals surface area (Å²) in [5.41, 5.74) is 0. The molecule has 8 nitrogen and oxygen atoms in total. The quantitative estimate of drug-likeness (QED) is 0.0657. The molecule has 1 heterocycles. The maximum atomic E-state index is 12.0. The van der Waals surface area contributed by atoms with Crippen LogP contribution in [0.3, 0.4) is 0 Å². The van der Waals surface area contributed by atoms with Gasteiger partial charge in [-0.1, -0.05) is 128 Å². The summed E-state index contributed by atoms with van der Waals surface area (Å²) in [6, 6.07) is 0. The van der Waals surface area contributed by atoms with Crippen molar-refractivity contribution in [2.24, 2.45) is 0 Å². The fraction of sp³-hybridized carbons (Fsp3) is 0.969. The lowest BCUT2D eigenvalue weighted by Gasteiger charge is -2.39. The van der Waals surface area contributed by atoms with Gasteiger partial charge in [0.05, 0.1) is 12.7 Å². The van der Waals surface area contributed by atoms with E-state index in [-0.39, 0.29) is 12.5 Å². The summed E-state index contributed by atoms with van der Waals surface area (Å²) in [5.74, 6) is -0.517. The number of unbranched alkanes of at least 4 members (excludes halogenated alkanes) is 20. The van der Waals surface area contributed by atoms with E-state index in [4.69, 9.17) is 9.47 Å². The number of esters is 1. The summed E-state index contributed by atoms with van der Waals surface area (Å²) < 4.78 is 10.3. The van der Waals surface area contributed by atoms with E-state index in [0.29, 0.717) is 6.42 Å². The Balaban J connectivity index is 1.80. The number of ether oxygens (including phenoxy) is 2. The second-order valence-electron chi connectivity index (χ2n) is 12.0. The molecule has 5 N–H and O–H groups in total. The molecule has 1 aliphatic rings. The molecule has 0 spiro atoms. The summed E-state index contributed by atoms with van der Waals surface area (Å²) in [6.45, 7) is 1.33. The van der Waals surface area contributed by atoms with Crippen LogP contribution >= 0.6 is 0 Å². The van der Waals surface area contributed by atoms with E-state index >= 15 is 0 Å². The van der Waals surface area contributed by atoms with E-state index < -0.39 is 43.3 Å². The molecule has 3 unspecified atom stereocenters. The number of carbonyl (C=O) groups is 1. The first-order valence-corrected chi connectivity index (χ1v) is 16.5. The lowest BCUT2D eigenvalue weighted by Crippen LogP contribution is -2.59. The van der Waals surface area contributed by atoms with Crippen LogP contribution in [0, 0.1) is 0 Å². The molecule has 0 aromatic rings. The highest BCUT2D eigenvalue weighted by Gasteiger charge is 2.45. The molecule has 0 amide bonds. The van der Waals surface area contributed by atoms with Gasteiger partial charge in [0.25, 0.3) is 0 Å². The van der Waals surface area contributed by atoms with E-state index in [0.717, 1.165) is 19.3 Å². The molecule has 1 aliphatic heterocycles. The van der Waals surface area contributed by atoms with Crippen LogP contribution in [-0.2, 0) is 14.3 Å². The highest BCUT2D eigenvalue weighted by molar-refractivity contribution is 5.69. The fourth-order valence-corrected chi connectivity index (χ4v) is 5.42. The van der Waals surface area contributed by atoms with Crippen molar-refractivity contribution in [3.63, 3.8) is 0 Å². The largest absolute Gasteiger partial charge is 0.433 e. The second-order valence-corrected chi connectivity index (χ2v) is 12.0. The Bertz CT molecular complexity index is 585. The Morgan fingerprint density at radius 1 is 0.625 bits per heavy atom. The zero-order chi connectivity index (χ0) is 29.4. The van der Waals surface area contributed by atoms with E-state index in [1.807, 2.05) is 6.92 Å². The minimum atomic E-state index is -1.55. The van der Waals surface area contributed by atoms with Crippen LogP contribution < -0.4 is 0 Å². The fourth-order valence-electron chi connectivity index (χ4n) is 5.42. The summed E-state index contributed by atoms with van der Waals surface area (Å²) in [5, 5.41) is 47.9. The van der Waals surface area contributed by atoms with Crippen molar-refractivity contribution >= 4 is 5.97 Å². The average Bonchev–Trinajstić information content (AvgIpc) is 2.93. The van der Waals surface area contributed by atoms with Crippen LogP contribution in [0.15, 0.2) is 0 Å². The van der Waals surface area contributed by atoms with E-state index in [1.165, 1.54) is 116 Å². The first kappa shape index (κ1) is 37.3. The SMILES string of the molecule is CC(O)CCCCCCCCCCCCCCCCCCCCCCCC(=O)O[C@H]1OC(CO)[C@@H](O)C(O)[C@@H]1O. The van der Waals surface area contributed by atoms with Crippen LogP contribution in [0.1, 0.15) is 155 Å². The third kappa shape index (κ3) is 18.6. The molecular weight excluding hydrogens is 512 g/mol. The Morgan fingerprint density at radius 3 is 1.38 bits per heavy atom. The Labute approximate surface area is 243 Å². The van der Waals surface area contributed by atoms with Gasteiger partial charge in [0.1, 0.15) is 24.4 Å². The van der Waals surface area contributed by atoms with Gasteiger partial charge in [0, 0.05) is 6.42 Å². The Hall–Kier alpha value is -0.770. The molecule has 0 aliphatic carbocycles. The maximum Gasteiger partial charge on any atom is 0.308 e. The molecule has 0 bridgehead atoms. The van der Waals surface area contributed by atoms with Crippen molar-refractivity contribution < 1.29 is 39.8 Å². The molecule has 0 aromatic carbocycles. The number of carbonyl (C=O) groups excluding carboxylic acids is 1. The molecule has 0 aromatic heterocycles. The minimum Gasteiger partial charge on any atom is -0.433 e. The zero-order valence-corrected chi connectivity index (χ0v) is 25.4. The van der Waals surface area contributed by atoms with Crippen LogP contribution in [0.5, 0.6) is 0 Å². The van der Waals surface area contributed by atoms with Crippen LogP contribution in [0.4, 0.5) is 0 Å². The Morgan fingerprint density at radius 2 is 1.00 bits per heavy atom. The van der Waals surface area contributed by atoms with Crippen molar-refractivity contribution in [1.82, 2.24) is 0 Å². The molecule has 40 heavy (non-hydrogen) atoms. The standard InChI is InChI=1S/C32H62O8/c1-26(34)23-21-19-17-15-13-11-9-7-5-3-2-4-6-8-10-12-14-16-18-20-22-24-28(35)40-32-31(38)30(37)29(36)27(25-33)39-32/h26-27,29-34,36-38H,2-25H2,1H3/t26?,27?,29-,30?,31+,32-/m1/s1. The van der Waals surface area contributed by atoms with E-state index in [9.17, 15) is 30.3 Å². The second kappa shape index (κ2) is 24.8. The predicted octanol–water partition coefficient (Wildman–Crippen LogP) is 5.68. The molecule has 238 valence electrons. The first-order valence-electron chi connectivity index (χ1n) is 16.5. The van der Waals surface area contributed by atoms with Gasteiger partial charge in [-0.2, -0.15) is 0 Å². The minimum absolute atomic E-state index is 0.136. The van der Waals surface area contributed by atoms with Crippen molar-refractivity contribution in [2.75, 3.05) is 6.61 Å². The van der Waals surface area contributed by atoms with Gasteiger partial charge in [-0.25, -0.2) is 0 Å². The molecule has 0 radical (unpaired) electrons. The number of hydrogen-bond acceptors (Lipinski definition) is 8. The third-order valence-corrected chi connectivity index (χ3v) is 8.10. The first-order chi connectivity index (χ1) is 19.4. The van der Waals surface area contributed by atoms with Crippen molar-refractivity contribution in [1.29, 1.82) is 0 Å². The van der Waals surface area contributed by atoms with Gasteiger partial charge in [-0.3, -0.25) is 4.79 Å². The van der Waals surface area contributed by atoms with Crippen molar-refractivity contribution in [3.05, 3.63) is 0 Å². The molecule has 1 rings (SSSR count). The van der Waals surface area contributed by atoms with Crippen LogP contribution in [0.2, 0.25) is 0 Å². The van der Waals surface area contributed by atoms with Gasteiger partial charge in [0.15, 0.2) is 0 Å². The van der Waals surface area contributed by atoms with Gasteiger partial charge < -0.3 is 35.0 Å². The molecule has 6 atom stereocenters. The summed E-state index contributed by atoms with van der Waals surface area (Å²) >= 11 is 0. The molecule has 0 saturated carbocycles. The summed E-state index contributed by atoms with van der Waals surface area (Å²) in [7, 11) is 0. The molecule has 8 heteroatoms. The average molecular weight is 575 g/mol. The monoisotopic (exact) mass is 574 g/mol. The number of rotatable bonds is 26. The van der Waals surface area contributed by atoms with Crippen molar-refractivity contribution in [3.8, 4) is 0 Å². The predicted molar refractivity (Wildman–Crippen MR) is 158 cm³/mol. The smallest absolute Gasteiger partial charge is 0.308 e. The summed E-state index contributed by atoms with van der Waals surface area (Å²) in [6.07, 6.45) is 20.6. The third-order valence-electron chi connectivity index (χ3n) is 8.10. The van der Waals surface area contributed by atoms with Gasteiger partial charge in [-0.15, -0.1) is 0 Å². The lowest BCUT2D eigenvalue weighted by molar-refractivity contribution is -0.292. The number of aliphatic hydroxyl groups is 5. The molecular formula is C32H62O8. The highest BCUT2D eigenvalue weighted by Crippen LogP contribution is 2.23. The van der Waals surface area contributed by atoms with Crippen molar-refractivity contribution in [2.45, 2.75) is 191 Å². The topological polar surface area (TPSA) is 137 Å². The number of hydrogen-bond donors (Lipinski definition) is 5. The lowest BCUT2D eigenvalue weighted by atomic mass is 9.99. The van der Waals surface area contributed by atoms with Crippen LogP contribution in [0.25, 0.3) is 0 Å². The molecule has 1 saturated heterocycles. The maximum absolute atomic E-state index is 12.0. The van der Waals surface area contributed by atoms with E-state index in [2.05, 4.69) is 0 Å². The molecule has 1 fully saturated rings. The van der Waals surface area contributed by atoms with Crippen LogP contribution in [-0.4, -0.2) is 74.9 Å². The Kier molecular flexibility index (Phi) is 23.1. The summed E-state index contributed by atoms with van der Waals surface area (Å²) in [4.78, 5) is 12.0. The highest BCUT2D eigenvalue weighted by atomic mass is 16.7. The normalized spacial score (nSPS) is 23.8. The van der Waals surface area contributed by atoms with E-state index in [1.54, 1.807) is 0 Å². The van der Waals surface area contributed by atoms with Gasteiger partial charge in [0.2, 0.25) is 6.29 Å². The number of aliphatic hydroxyl groups excluding tert-OH is 5. The van der Waals surface area contributed by atoms with Gasteiger partial charge in [-0.05, 0) is 19.8 Å². The zero-order valence-electron chi connectivity index (χ0n) is 25.4. The van der Waals surface area contributed by atoms with Gasteiger partial charge >= 0.3 is 5.97 Å².